The number of Topliss-reactive ketones (excluding diaryl/α,β-unsaturated/α-hetero) is 1. The number of aromatic amines is 2. The molecule has 2 rings (SSSR count). The van der Waals surface area contributed by atoms with Gasteiger partial charge in [-0.05, 0) is 26.3 Å². The van der Waals surface area contributed by atoms with Gasteiger partial charge in [0.25, 0.3) is 0 Å². The second kappa shape index (κ2) is 7.21. The Morgan fingerprint density at radius 3 is 2.42 bits per heavy atom. The fraction of sp³-hybridized carbons (Fsp3) is 0.500. The Balaban J connectivity index is 2.20. The number of aromatic nitrogens is 4. The first-order valence-electron chi connectivity index (χ1n) is 7.66. The maximum Gasteiger partial charge on any atom is 0.339 e. The summed E-state index contributed by atoms with van der Waals surface area (Å²) in [5.74, 6) is 0.480. The van der Waals surface area contributed by atoms with Crippen molar-refractivity contribution in [3.63, 3.8) is 0 Å². The highest BCUT2D eigenvalue weighted by molar-refractivity contribution is 8.00. The summed E-state index contributed by atoms with van der Waals surface area (Å²) in [7, 11) is 1.32. The van der Waals surface area contributed by atoms with Crippen molar-refractivity contribution >= 4 is 23.5 Å². The van der Waals surface area contributed by atoms with E-state index in [2.05, 4.69) is 20.2 Å². The lowest BCUT2D eigenvalue weighted by molar-refractivity contribution is 0.0599. The molecule has 0 aliphatic heterocycles. The molecular weight excluding hydrogens is 328 g/mol. The first kappa shape index (κ1) is 18.3. The van der Waals surface area contributed by atoms with Crippen molar-refractivity contribution in [3.05, 3.63) is 28.3 Å². The van der Waals surface area contributed by atoms with Crippen LogP contribution < -0.4 is 0 Å². The minimum atomic E-state index is -0.448. The van der Waals surface area contributed by atoms with Gasteiger partial charge in [-0.2, -0.15) is 0 Å². The average Bonchev–Trinajstić information content (AvgIpc) is 3.10. The number of nitrogens with one attached hydrogen (secondary N) is 2. The molecule has 0 aliphatic rings. The molecule has 24 heavy (non-hydrogen) atoms. The number of ketones is 1. The molecular formula is C16H22N4O3S. The Hall–Kier alpha value is -2.09. The number of rotatable bonds is 6. The van der Waals surface area contributed by atoms with Crippen LogP contribution in [0.1, 0.15) is 64.6 Å². The van der Waals surface area contributed by atoms with Gasteiger partial charge in [-0.15, -0.1) is 5.10 Å². The van der Waals surface area contributed by atoms with Crippen LogP contribution in [0.3, 0.4) is 0 Å². The predicted molar refractivity (Wildman–Crippen MR) is 91.7 cm³/mol. The van der Waals surface area contributed by atoms with Crippen molar-refractivity contribution in [3.8, 4) is 0 Å². The predicted octanol–water partition coefficient (Wildman–Crippen LogP) is 3.02. The molecule has 0 fully saturated rings. The Morgan fingerprint density at radius 1 is 1.21 bits per heavy atom. The van der Waals surface area contributed by atoms with E-state index >= 15 is 0 Å². The summed E-state index contributed by atoms with van der Waals surface area (Å²) in [6.07, 6.45) is 0. The summed E-state index contributed by atoms with van der Waals surface area (Å²) >= 11 is 1.28. The SMILES string of the molecule is COC(=O)c1c(C)[nH]c(C(=O)C(C)Sc2n[nH]c(C(C)C)n2)c1C. The number of hydrogen-bond acceptors (Lipinski definition) is 6. The second-order valence-electron chi connectivity index (χ2n) is 5.90. The fourth-order valence-corrected chi connectivity index (χ4v) is 3.18. The van der Waals surface area contributed by atoms with Crippen LogP contribution in [-0.4, -0.2) is 44.3 Å². The number of esters is 1. The zero-order valence-electron chi connectivity index (χ0n) is 14.7. The Morgan fingerprint density at radius 2 is 1.88 bits per heavy atom. The van der Waals surface area contributed by atoms with E-state index in [-0.39, 0.29) is 17.0 Å². The third-order valence-corrected chi connectivity index (χ3v) is 4.71. The number of aryl methyl sites for hydroxylation is 1. The van der Waals surface area contributed by atoms with Gasteiger partial charge < -0.3 is 9.72 Å². The molecule has 0 saturated carbocycles. The molecule has 0 radical (unpaired) electrons. The van der Waals surface area contributed by atoms with Gasteiger partial charge in [0.1, 0.15) is 5.82 Å². The monoisotopic (exact) mass is 350 g/mol. The second-order valence-corrected chi connectivity index (χ2v) is 7.21. The molecule has 0 amide bonds. The normalized spacial score (nSPS) is 12.5. The Bertz CT molecular complexity index is 763. The van der Waals surface area contributed by atoms with E-state index in [0.29, 0.717) is 27.7 Å². The topological polar surface area (TPSA) is 101 Å². The number of hydrogen-bond donors (Lipinski definition) is 2. The molecule has 0 aromatic carbocycles. The standard InChI is InChI=1S/C16H22N4O3S/c1-7(2)14-18-16(20-19-14)24-10(5)13(21)12-8(3)11(9(4)17-12)15(22)23-6/h7,10,17H,1-6H3,(H,18,19,20). The largest absolute Gasteiger partial charge is 0.465 e. The van der Waals surface area contributed by atoms with Crippen LogP contribution in [0.15, 0.2) is 5.16 Å². The summed E-state index contributed by atoms with van der Waals surface area (Å²) in [5.41, 5.74) is 2.07. The van der Waals surface area contributed by atoms with Crippen LogP contribution in [0.25, 0.3) is 0 Å². The third-order valence-electron chi connectivity index (χ3n) is 3.75. The van der Waals surface area contributed by atoms with Crippen molar-refractivity contribution < 1.29 is 14.3 Å². The zero-order valence-corrected chi connectivity index (χ0v) is 15.5. The van der Waals surface area contributed by atoms with E-state index in [1.54, 1.807) is 20.8 Å². The summed E-state index contributed by atoms with van der Waals surface area (Å²) in [4.78, 5) is 31.9. The molecule has 2 aromatic rings. The highest BCUT2D eigenvalue weighted by atomic mass is 32.2. The van der Waals surface area contributed by atoms with Crippen LogP contribution in [0.5, 0.6) is 0 Å². The molecule has 8 heteroatoms. The summed E-state index contributed by atoms with van der Waals surface area (Å²) in [6, 6.07) is 0. The van der Waals surface area contributed by atoms with Gasteiger partial charge in [-0.3, -0.25) is 9.89 Å². The number of H-pyrrole nitrogens is 2. The van der Waals surface area contributed by atoms with Crippen molar-refractivity contribution in [1.29, 1.82) is 0 Å². The van der Waals surface area contributed by atoms with Crippen LogP contribution in [0.4, 0.5) is 0 Å². The molecule has 0 aliphatic carbocycles. The molecule has 2 heterocycles. The first-order chi connectivity index (χ1) is 11.3. The summed E-state index contributed by atoms with van der Waals surface area (Å²) in [5, 5.41) is 7.15. The number of thioether (sulfide) groups is 1. The molecule has 1 atom stereocenters. The van der Waals surface area contributed by atoms with Gasteiger partial charge in [-0.25, -0.2) is 9.78 Å². The van der Waals surface area contributed by atoms with Gasteiger partial charge in [0.15, 0.2) is 5.78 Å². The number of carbonyl (C=O) groups excluding carboxylic acids is 2. The molecule has 7 nitrogen and oxygen atoms in total. The number of methoxy groups -OCH3 is 1. The van der Waals surface area contributed by atoms with E-state index < -0.39 is 5.97 Å². The number of nitrogens with zero attached hydrogens (tertiary/aromatic N) is 2. The van der Waals surface area contributed by atoms with E-state index in [1.807, 2.05) is 13.8 Å². The third kappa shape index (κ3) is 3.53. The fourth-order valence-electron chi connectivity index (χ4n) is 2.39. The van der Waals surface area contributed by atoms with E-state index in [4.69, 9.17) is 4.74 Å². The van der Waals surface area contributed by atoms with E-state index in [1.165, 1.54) is 18.9 Å². The van der Waals surface area contributed by atoms with E-state index in [9.17, 15) is 9.59 Å². The lowest BCUT2D eigenvalue weighted by atomic mass is 10.1. The van der Waals surface area contributed by atoms with Crippen LogP contribution >= 0.6 is 11.8 Å². The van der Waals surface area contributed by atoms with Crippen LogP contribution in [-0.2, 0) is 4.74 Å². The maximum absolute atomic E-state index is 12.7. The molecule has 130 valence electrons. The minimum Gasteiger partial charge on any atom is -0.465 e. The molecule has 0 saturated heterocycles. The van der Waals surface area contributed by atoms with Crippen molar-refractivity contribution in [2.45, 2.75) is 50.9 Å². The lowest BCUT2D eigenvalue weighted by Crippen LogP contribution is -2.15. The smallest absolute Gasteiger partial charge is 0.339 e. The molecule has 2 aromatic heterocycles. The van der Waals surface area contributed by atoms with Crippen molar-refractivity contribution in [2.75, 3.05) is 7.11 Å². The highest BCUT2D eigenvalue weighted by Gasteiger charge is 2.26. The van der Waals surface area contributed by atoms with Gasteiger partial charge in [0.2, 0.25) is 5.16 Å². The quantitative estimate of drug-likeness (QED) is 0.472. The summed E-state index contributed by atoms with van der Waals surface area (Å²) < 4.78 is 4.77. The van der Waals surface area contributed by atoms with Crippen LogP contribution in [0.2, 0.25) is 0 Å². The first-order valence-corrected chi connectivity index (χ1v) is 8.54. The highest BCUT2D eigenvalue weighted by Crippen LogP contribution is 2.26. The molecule has 1 unspecified atom stereocenters. The Kier molecular flexibility index (Phi) is 5.48. The van der Waals surface area contributed by atoms with Crippen molar-refractivity contribution in [2.24, 2.45) is 0 Å². The number of carbonyl (C=O) groups is 2. The molecule has 0 spiro atoms. The van der Waals surface area contributed by atoms with E-state index in [0.717, 1.165) is 5.82 Å². The number of ether oxygens (including phenoxy) is 1. The summed E-state index contributed by atoms with van der Waals surface area (Å²) in [6.45, 7) is 9.32. The zero-order chi connectivity index (χ0) is 18.0. The lowest BCUT2D eigenvalue weighted by Gasteiger charge is -2.07. The molecule has 2 N–H and O–H groups in total. The van der Waals surface area contributed by atoms with Gasteiger partial charge in [0.05, 0.1) is 23.6 Å². The van der Waals surface area contributed by atoms with Gasteiger partial charge >= 0.3 is 5.97 Å². The van der Waals surface area contributed by atoms with Crippen molar-refractivity contribution in [1.82, 2.24) is 20.2 Å². The van der Waals surface area contributed by atoms with Crippen LogP contribution in [0, 0.1) is 13.8 Å². The Labute approximate surface area is 145 Å². The maximum atomic E-state index is 12.7. The average molecular weight is 350 g/mol. The van der Waals surface area contributed by atoms with Gasteiger partial charge in [0, 0.05) is 11.6 Å². The minimum absolute atomic E-state index is 0.105. The molecule has 0 bridgehead atoms. The van der Waals surface area contributed by atoms with Gasteiger partial charge in [-0.1, -0.05) is 25.6 Å².